The van der Waals surface area contributed by atoms with Crippen molar-refractivity contribution in [2.75, 3.05) is 5.73 Å². The highest BCUT2D eigenvalue weighted by atomic mass is 32.1. The minimum absolute atomic E-state index is 0.235. The lowest BCUT2D eigenvalue weighted by Gasteiger charge is -1.90. The number of hydrogen-bond acceptors (Lipinski definition) is 4. The van der Waals surface area contributed by atoms with E-state index in [1.165, 1.54) is 34.8 Å². The zero-order valence-electron chi connectivity index (χ0n) is 8.11. The van der Waals surface area contributed by atoms with E-state index in [0.29, 0.717) is 0 Å². The zero-order chi connectivity index (χ0) is 11.1. The van der Waals surface area contributed by atoms with Gasteiger partial charge in [-0.2, -0.15) is 0 Å². The van der Waals surface area contributed by atoms with Gasteiger partial charge in [0.05, 0.1) is 15.2 Å². The van der Waals surface area contributed by atoms with Crippen molar-refractivity contribution < 1.29 is 4.39 Å². The van der Waals surface area contributed by atoms with Gasteiger partial charge in [-0.05, 0) is 29.6 Å². The number of benzene rings is 1. The van der Waals surface area contributed by atoms with Crippen LogP contribution in [0.2, 0.25) is 0 Å². The summed E-state index contributed by atoms with van der Waals surface area (Å²) in [7, 11) is 0. The molecule has 5 heteroatoms. The Bertz CT molecular complexity index is 657. The number of thiazole rings is 1. The van der Waals surface area contributed by atoms with E-state index < -0.39 is 0 Å². The average Bonchev–Trinajstić information content (AvgIpc) is 2.82. The zero-order valence-corrected chi connectivity index (χ0v) is 9.74. The lowest BCUT2D eigenvalue weighted by molar-refractivity contribution is 0.630. The van der Waals surface area contributed by atoms with Crippen LogP contribution in [0, 0.1) is 5.82 Å². The number of aromatic nitrogens is 1. The molecule has 2 nitrogen and oxygen atoms in total. The molecule has 0 saturated heterocycles. The van der Waals surface area contributed by atoms with E-state index in [4.69, 9.17) is 5.73 Å². The Balaban J connectivity index is 2.23. The molecule has 0 amide bonds. The van der Waals surface area contributed by atoms with Gasteiger partial charge in [0.15, 0.2) is 0 Å². The van der Waals surface area contributed by atoms with Crippen molar-refractivity contribution in [3.05, 3.63) is 35.5 Å². The molecule has 3 aromatic rings. The molecule has 0 aliphatic rings. The maximum atomic E-state index is 13.0. The van der Waals surface area contributed by atoms with E-state index in [-0.39, 0.29) is 5.82 Å². The number of fused-ring (bicyclic) bond motifs is 1. The molecular weight excluding hydrogens is 243 g/mol. The Kier molecular flexibility index (Phi) is 2.15. The molecule has 0 bridgehead atoms. The van der Waals surface area contributed by atoms with Crippen LogP contribution in [-0.2, 0) is 0 Å². The summed E-state index contributed by atoms with van der Waals surface area (Å²) in [5, 5.41) is 3.52. The number of rotatable bonds is 1. The van der Waals surface area contributed by atoms with Gasteiger partial charge in [0.1, 0.15) is 10.8 Å². The molecule has 0 unspecified atom stereocenters. The molecule has 0 spiro atoms. The van der Waals surface area contributed by atoms with Gasteiger partial charge >= 0.3 is 0 Å². The van der Waals surface area contributed by atoms with Gasteiger partial charge in [-0.3, -0.25) is 0 Å². The Labute approximate surface area is 99.2 Å². The molecule has 0 aliphatic heterocycles. The third-order valence-electron chi connectivity index (χ3n) is 2.28. The number of anilines is 1. The predicted molar refractivity (Wildman–Crippen MR) is 67.3 cm³/mol. The van der Waals surface area contributed by atoms with Crippen LogP contribution < -0.4 is 5.73 Å². The Morgan fingerprint density at radius 2 is 2.12 bits per heavy atom. The van der Waals surface area contributed by atoms with E-state index in [1.807, 2.05) is 11.4 Å². The highest BCUT2D eigenvalue weighted by Gasteiger charge is 2.10. The maximum Gasteiger partial charge on any atom is 0.127 e. The molecule has 0 saturated carbocycles. The quantitative estimate of drug-likeness (QED) is 0.714. The summed E-state index contributed by atoms with van der Waals surface area (Å²) in [6, 6.07) is 6.54. The second-order valence-electron chi connectivity index (χ2n) is 3.33. The van der Waals surface area contributed by atoms with Crippen LogP contribution in [-0.4, -0.2) is 4.98 Å². The maximum absolute atomic E-state index is 13.0. The highest BCUT2D eigenvalue weighted by Crippen LogP contribution is 2.35. The van der Waals surface area contributed by atoms with Crippen molar-refractivity contribution >= 4 is 37.9 Å². The van der Waals surface area contributed by atoms with E-state index in [1.54, 1.807) is 6.07 Å². The first-order chi connectivity index (χ1) is 7.74. The molecule has 0 aliphatic carbocycles. The summed E-state index contributed by atoms with van der Waals surface area (Å²) >= 11 is 2.94. The number of nitrogens with zero attached hydrogens (tertiary/aromatic N) is 1. The van der Waals surface area contributed by atoms with Gasteiger partial charge in [0.2, 0.25) is 0 Å². The van der Waals surface area contributed by atoms with E-state index in [9.17, 15) is 4.39 Å². The van der Waals surface area contributed by atoms with Crippen molar-refractivity contribution in [3.8, 4) is 10.6 Å². The number of thiophene rings is 1. The second kappa shape index (κ2) is 3.54. The van der Waals surface area contributed by atoms with Crippen LogP contribution in [0.15, 0.2) is 29.6 Å². The summed E-state index contributed by atoms with van der Waals surface area (Å²) < 4.78 is 13.9. The smallest absolute Gasteiger partial charge is 0.127 e. The Morgan fingerprint density at radius 3 is 2.88 bits per heavy atom. The van der Waals surface area contributed by atoms with Crippen molar-refractivity contribution in [1.82, 2.24) is 4.98 Å². The molecule has 16 heavy (non-hydrogen) atoms. The van der Waals surface area contributed by atoms with E-state index in [2.05, 4.69) is 4.98 Å². The molecule has 2 heterocycles. The average molecular weight is 250 g/mol. The minimum atomic E-state index is -0.235. The van der Waals surface area contributed by atoms with Crippen molar-refractivity contribution in [2.45, 2.75) is 0 Å². The number of nitrogens with two attached hydrogens (primary N) is 1. The summed E-state index contributed by atoms with van der Waals surface area (Å²) in [4.78, 5) is 4.44. The fraction of sp³-hybridized carbons (Fsp3) is 0. The molecular formula is C11H7FN2S2. The topological polar surface area (TPSA) is 38.9 Å². The van der Waals surface area contributed by atoms with Crippen LogP contribution in [0.4, 0.5) is 9.39 Å². The van der Waals surface area contributed by atoms with Crippen LogP contribution >= 0.6 is 22.7 Å². The van der Waals surface area contributed by atoms with Gasteiger partial charge in [0, 0.05) is 5.56 Å². The monoisotopic (exact) mass is 250 g/mol. The Morgan fingerprint density at radius 1 is 1.25 bits per heavy atom. The number of halogens is 1. The first kappa shape index (κ1) is 9.74. The fourth-order valence-corrected chi connectivity index (χ4v) is 3.25. The SMILES string of the molecule is Nc1sccc1-c1nc2ccc(F)cc2s1. The van der Waals surface area contributed by atoms with Gasteiger partial charge in [0.25, 0.3) is 0 Å². The molecule has 0 fully saturated rings. The van der Waals surface area contributed by atoms with E-state index in [0.717, 1.165) is 25.8 Å². The van der Waals surface area contributed by atoms with E-state index >= 15 is 0 Å². The van der Waals surface area contributed by atoms with Crippen molar-refractivity contribution in [2.24, 2.45) is 0 Å². The van der Waals surface area contributed by atoms with Gasteiger partial charge < -0.3 is 5.73 Å². The second-order valence-corrected chi connectivity index (χ2v) is 5.31. The van der Waals surface area contributed by atoms with Crippen LogP contribution in [0.3, 0.4) is 0 Å². The van der Waals surface area contributed by atoms with Crippen molar-refractivity contribution in [3.63, 3.8) is 0 Å². The third-order valence-corrected chi connectivity index (χ3v) is 4.07. The third kappa shape index (κ3) is 1.48. The molecule has 1 aromatic carbocycles. The lowest BCUT2D eigenvalue weighted by atomic mass is 10.3. The summed E-state index contributed by atoms with van der Waals surface area (Å²) in [6.07, 6.45) is 0. The molecule has 80 valence electrons. The largest absolute Gasteiger partial charge is 0.390 e. The van der Waals surface area contributed by atoms with Crippen LogP contribution in [0.1, 0.15) is 0 Å². The summed E-state index contributed by atoms with van der Waals surface area (Å²) in [6.45, 7) is 0. The van der Waals surface area contributed by atoms with Crippen LogP contribution in [0.25, 0.3) is 20.8 Å². The van der Waals surface area contributed by atoms with Gasteiger partial charge in [-0.25, -0.2) is 9.37 Å². The lowest BCUT2D eigenvalue weighted by Crippen LogP contribution is -1.81. The van der Waals surface area contributed by atoms with Crippen LogP contribution in [0.5, 0.6) is 0 Å². The minimum Gasteiger partial charge on any atom is -0.390 e. The normalized spacial score (nSPS) is 11.1. The molecule has 3 rings (SSSR count). The van der Waals surface area contributed by atoms with Gasteiger partial charge in [-0.1, -0.05) is 0 Å². The molecule has 2 aromatic heterocycles. The first-order valence-corrected chi connectivity index (χ1v) is 6.33. The Hall–Kier alpha value is -1.46. The molecule has 0 radical (unpaired) electrons. The molecule has 0 atom stereocenters. The molecule has 2 N–H and O–H groups in total. The fourth-order valence-electron chi connectivity index (χ4n) is 1.51. The number of nitrogen functional groups attached to an aromatic ring is 1. The number of hydrogen-bond donors (Lipinski definition) is 1. The summed E-state index contributed by atoms with van der Waals surface area (Å²) in [5.41, 5.74) is 7.58. The first-order valence-electron chi connectivity index (χ1n) is 4.63. The summed E-state index contributed by atoms with van der Waals surface area (Å²) in [5.74, 6) is -0.235. The standard InChI is InChI=1S/C11H7FN2S2/c12-6-1-2-8-9(5-6)16-11(14-8)7-3-4-15-10(7)13/h1-5H,13H2. The predicted octanol–water partition coefficient (Wildman–Crippen LogP) is 3.75. The van der Waals surface area contributed by atoms with Gasteiger partial charge in [-0.15, -0.1) is 22.7 Å². The van der Waals surface area contributed by atoms with Crippen molar-refractivity contribution in [1.29, 1.82) is 0 Å². The highest BCUT2D eigenvalue weighted by molar-refractivity contribution is 7.22.